The van der Waals surface area contributed by atoms with E-state index < -0.39 is 67.2 Å². The largest absolute Gasteiger partial charge is 0.385 e. The summed E-state index contributed by atoms with van der Waals surface area (Å²) >= 11 is 0. The summed E-state index contributed by atoms with van der Waals surface area (Å²) in [4.78, 5) is 0. The molecule has 3 aliphatic rings. The Bertz CT molecular complexity index is 1360. The molecule has 254 valence electrons. The molecule has 0 aliphatic carbocycles. The fourth-order valence-electron chi connectivity index (χ4n) is 6.38. The molecule has 0 aromatic heterocycles. The Hall–Kier alpha value is -2.74. The summed E-state index contributed by atoms with van der Waals surface area (Å²) in [6.07, 6.45) is -6.68. The smallest absolute Gasteiger partial charge is 0.186 e. The standard InChI is InChI=1S/C37H46O10/c1-24-30(40-20-25-14-8-5-9-15-25)33(41-21-26-16-10-6-11-17-26)34(42-22-27-18-12-7-13-19-27)36(44-24)43-23-28-31-32(47-37(2,3)46-31)29(38)35(39-4)45-28/h5-19,24,28-36,38H,20-23H2,1-4H3/t24-,28+,29+,30+,31-,32+,33+,34-,35+,36?/m0/s1. The minimum atomic E-state index is -1.02. The minimum Gasteiger partial charge on any atom is -0.385 e. The first kappa shape index (κ1) is 34.1. The quantitative estimate of drug-likeness (QED) is 0.279. The van der Waals surface area contributed by atoms with Gasteiger partial charge in [0.1, 0.15) is 42.7 Å². The molecule has 10 atom stereocenters. The topological polar surface area (TPSA) is 103 Å². The predicted octanol–water partition coefficient (Wildman–Crippen LogP) is 4.76. The fraction of sp³-hybridized carbons (Fsp3) is 0.514. The second kappa shape index (κ2) is 15.7. The van der Waals surface area contributed by atoms with Gasteiger partial charge in [-0.25, -0.2) is 0 Å². The van der Waals surface area contributed by atoms with E-state index >= 15 is 0 Å². The van der Waals surface area contributed by atoms with Gasteiger partial charge in [0.05, 0.1) is 32.5 Å². The summed E-state index contributed by atoms with van der Waals surface area (Å²) in [6.45, 7) is 6.69. The molecule has 3 aromatic carbocycles. The molecule has 0 bridgehead atoms. The number of fused-ring (bicyclic) bond motifs is 1. The maximum absolute atomic E-state index is 10.8. The van der Waals surface area contributed by atoms with Crippen molar-refractivity contribution in [1.29, 1.82) is 0 Å². The summed E-state index contributed by atoms with van der Waals surface area (Å²) in [5.41, 5.74) is 3.07. The first-order valence-electron chi connectivity index (χ1n) is 16.3. The van der Waals surface area contributed by atoms with E-state index in [9.17, 15) is 5.11 Å². The van der Waals surface area contributed by atoms with Gasteiger partial charge in [0.15, 0.2) is 18.4 Å². The highest BCUT2D eigenvalue weighted by atomic mass is 16.8. The van der Waals surface area contributed by atoms with Crippen molar-refractivity contribution < 1.29 is 47.7 Å². The number of methoxy groups -OCH3 is 1. The van der Waals surface area contributed by atoms with E-state index in [1.807, 2.05) is 97.9 Å². The van der Waals surface area contributed by atoms with E-state index in [1.54, 1.807) is 13.8 Å². The van der Waals surface area contributed by atoms with Gasteiger partial charge in [0.2, 0.25) is 0 Å². The molecule has 0 radical (unpaired) electrons. The monoisotopic (exact) mass is 650 g/mol. The van der Waals surface area contributed by atoms with Crippen molar-refractivity contribution >= 4 is 0 Å². The van der Waals surface area contributed by atoms with Crippen LogP contribution < -0.4 is 0 Å². The van der Waals surface area contributed by atoms with Crippen LogP contribution in [0.15, 0.2) is 91.0 Å². The lowest BCUT2D eigenvalue weighted by Crippen LogP contribution is -2.61. The van der Waals surface area contributed by atoms with Crippen molar-refractivity contribution in [2.24, 2.45) is 0 Å². The second-order valence-electron chi connectivity index (χ2n) is 12.7. The number of hydrogen-bond acceptors (Lipinski definition) is 10. The van der Waals surface area contributed by atoms with Crippen LogP contribution in [0.5, 0.6) is 0 Å². The van der Waals surface area contributed by atoms with Gasteiger partial charge in [0.25, 0.3) is 0 Å². The molecule has 47 heavy (non-hydrogen) atoms. The average Bonchev–Trinajstić information content (AvgIpc) is 3.43. The van der Waals surface area contributed by atoms with E-state index in [1.165, 1.54) is 7.11 Å². The Morgan fingerprint density at radius 3 is 1.64 bits per heavy atom. The minimum absolute atomic E-state index is 0.0662. The second-order valence-corrected chi connectivity index (χ2v) is 12.7. The SMILES string of the molecule is CO[C@@H]1O[C@H](COC2O[C@@H](C)[C@@H](OCc3ccccc3)[C@@H](OCc3ccccc3)[C@@H]2OCc2ccccc2)[C@@H]2OC(C)(C)O[C@@H]2[C@H]1O. The van der Waals surface area contributed by atoms with Crippen molar-refractivity contribution in [3.05, 3.63) is 108 Å². The van der Waals surface area contributed by atoms with Gasteiger partial charge < -0.3 is 47.7 Å². The van der Waals surface area contributed by atoms with Gasteiger partial charge in [-0.1, -0.05) is 91.0 Å². The Morgan fingerprint density at radius 1 is 0.617 bits per heavy atom. The van der Waals surface area contributed by atoms with Gasteiger partial charge in [-0.15, -0.1) is 0 Å². The van der Waals surface area contributed by atoms with Crippen molar-refractivity contribution in [2.75, 3.05) is 13.7 Å². The van der Waals surface area contributed by atoms with Crippen LogP contribution in [-0.2, 0) is 62.5 Å². The van der Waals surface area contributed by atoms with Crippen molar-refractivity contribution in [2.45, 2.75) is 108 Å². The highest BCUT2D eigenvalue weighted by molar-refractivity contribution is 5.15. The zero-order valence-electron chi connectivity index (χ0n) is 27.4. The Morgan fingerprint density at radius 2 is 1.11 bits per heavy atom. The Balaban J connectivity index is 1.24. The molecular weight excluding hydrogens is 604 g/mol. The highest BCUT2D eigenvalue weighted by Gasteiger charge is 2.56. The van der Waals surface area contributed by atoms with Gasteiger partial charge in [-0.05, 0) is 37.5 Å². The lowest BCUT2D eigenvalue weighted by molar-refractivity contribution is -0.334. The van der Waals surface area contributed by atoms with E-state index in [2.05, 4.69) is 0 Å². The predicted molar refractivity (Wildman–Crippen MR) is 171 cm³/mol. The summed E-state index contributed by atoms with van der Waals surface area (Å²) in [6, 6.07) is 30.0. The first-order valence-corrected chi connectivity index (χ1v) is 16.3. The van der Waals surface area contributed by atoms with E-state index in [4.69, 9.17) is 42.6 Å². The Kier molecular flexibility index (Phi) is 11.4. The maximum atomic E-state index is 10.8. The molecule has 0 saturated carbocycles. The zero-order chi connectivity index (χ0) is 32.8. The molecule has 3 saturated heterocycles. The van der Waals surface area contributed by atoms with Crippen LogP contribution in [0.4, 0.5) is 0 Å². The van der Waals surface area contributed by atoms with Crippen molar-refractivity contribution in [1.82, 2.24) is 0 Å². The van der Waals surface area contributed by atoms with Crippen LogP contribution in [0.2, 0.25) is 0 Å². The number of hydrogen-bond donors (Lipinski definition) is 1. The molecule has 0 amide bonds. The third-order valence-electron chi connectivity index (χ3n) is 8.69. The lowest BCUT2D eigenvalue weighted by Gasteiger charge is -2.46. The normalized spacial score (nSPS) is 33.4. The van der Waals surface area contributed by atoms with Crippen LogP contribution in [0.25, 0.3) is 0 Å². The summed E-state index contributed by atoms with van der Waals surface area (Å²) in [5, 5.41) is 10.8. The van der Waals surface area contributed by atoms with Gasteiger partial charge in [0, 0.05) is 7.11 Å². The van der Waals surface area contributed by atoms with Crippen LogP contribution in [0.3, 0.4) is 0 Å². The van der Waals surface area contributed by atoms with Crippen LogP contribution >= 0.6 is 0 Å². The molecule has 1 unspecified atom stereocenters. The summed E-state index contributed by atoms with van der Waals surface area (Å²) in [5.74, 6) is -0.905. The van der Waals surface area contributed by atoms with Crippen LogP contribution in [0, 0.1) is 0 Å². The molecule has 10 nitrogen and oxygen atoms in total. The lowest BCUT2D eigenvalue weighted by atomic mass is 9.98. The third kappa shape index (κ3) is 8.47. The molecule has 10 heteroatoms. The number of aliphatic hydroxyl groups is 1. The first-order chi connectivity index (χ1) is 22.8. The van der Waals surface area contributed by atoms with Gasteiger partial charge >= 0.3 is 0 Å². The number of aliphatic hydroxyl groups excluding tert-OH is 1. The molecule has 3 fully saturated rings. The molecule has 3 heterocycles. The molecule has 3 aromatic rings. The maximum Gasteiger partial charge on any atom is 0.186 e. The van der Waals surface area contributed by atoms with E-state index in [-0.39, 0.29) is 6.61 Å². The molecule has 3 aliphatic heterocycles. The van der Waals surface area contributed by atoms with Gasteiger partial charge in [-0.2, -0.15) is 0 Å². The number of benzene rings is 3. The number of ether oxygens (including phenoxy) is 9. The Labute approximate surface area is 276 Å². The molecule has 6 rings (SSSR count). The van der Waals surface area contributed by atoms with Gasteiger partial charge in [-0.3, -0.25) is 0 Å². The molecule has 1 N–H and O–H groups in total. The van der Waals surface area contributed by atoms with Crippen molar-refractivity contribution in [3.63, 3.8) is 0 Å². The van der Waals surface area contributed by atoms with Crippen LogP contribution in [-0.4, -0.2) is 86.0 Å². The average molecular weight is 651 g/mol. The van der Waals surface area contributed by atoms with Crippen molar-refractivity contribution in [3.8, 4) is 0 Å². The molecular formula is C37H46O10. The third-order valence-corrected chi connectivity index (χ3v) is 8.69. The van der Waals surface area contributed by atoms with E-state index in [0.29, 0.717) is 19.8 Å². The highest BCUT2D eigenvalue weighted by Crippen LogP contribution is 2.38. The fourth-order valence-corrected chi connectivity index (χ4v) is 6.38. The summed E-state index contributed by atoms with van der Waals surface area (Å²) < 4.78 is 56.6. The zero-order valence-corrected chi connectivity index (χ0v) is 27.4. The number of rotatable bonds is 13. The van der Waals surface area contributed by atoms with E-state index in [0.717, 1.165) is 16.7 Å². The molecule has 0 spiro atoms. The van der Waals surface area contributed by atoms with Crippen LogP contribution in [0.1, 0.15) is 37.5 Å². The summed E-state index contributed by atoms with van der Waals surface area (Å²) in [7, 11) is 1.48.